The maximum absolute atomic E-state index is 6.84. The fourth-order valence-corrected chi connectivity index (χ4v) is 7.91. The first kappa shape index (κ1) is 30.3. The molecule has 0 radical (unpaired) electrons. The van der Waals surface area contributed by atoms with Crippen LogP contribution in [0, 0.1) is 0 Å². The second-order valence-electron chi connectivity index (χ2n) is 13.6. The molecule has 3 heterocycles. The Balaban J connectivity index is 1.13. The van der Waals surface area contributed by atoms with Crippen molar-refractivity contribution in [1.29, 1.82) is 0 Å². The molecule has 252 valence electrons. The van der Waals surface area contributed by atoms with Crippen LogP contribution in [0.2, 0.25) is 0 Å². The minimum atomic E-state index is 0.611. The molecule has 0 aliphatic heterocycles. The molecule has 54 heavy (non-hydrogen) atoms. The van der Waals surface area contributed by atoms with Crippen LogP contribution in [-0.2, 0) is 0 Å². The number of nitrogens with zero attached hydrogens (tertiary/aromatic N) is 4. The van der Waals surface area contributed by atoms with E-state index in [0.29, 0.717) is 17.5 Å². The van der Waals surface area contributed by atoms with E-state index in [1.165, 1.54) is 21.8 Å². The molecule has 0 bridgehead atoms. The monoisotopic (exact) mass is 690 g/mol. The van der Waals surface area contributed by atoms with E-state index in [0.717, 1.165) is 66.2 Å². The van der Waals surface area contributed by atoms with E-state index in [1.54, 1.807) is 0 Å². The molecule has 0 spiro atoms. The number of aromatic nitrogens is 4. The number of benzene rings is 8. The number of rotatable bonds is 5. The van der Waals surface area contributed by atoms with Gasteiger partial charge < -0.3 is 8.98 Å². The van der Waals surface area contributed by atoms with E-state index < -0.39 is 0 Å². The first-order valence-electron chi connectivity index (χ1n) is 18.1. The summed E-state index contributed by atoms with van der Waals surface area (Å²) in [6, 6.07) is 63.3. The van der Waals surface area contributed by atoms with Gasteiger partial charge in [-0.1, -0.05) is 127 Å². The Bertz CT molecular complexity index is 3140. The highest BCUT2D eigenvalue weighted by Crippen LogP contribution is 2.43. The van der Waals surface area contributed by atoms with Crippen molar-refractivity contribution >= 4 is 54.5 Å². The normalized spacial score (nSPS) is 11.7. The summed E-state index contributed by atoms with van der Waals surface area (Å²) in [5, 5.41) is 6.80. The van der Waals surface area contributed by atoms with Crippen molar-refractivity contribution in [3.8, 4) is 51.0 Å². The minimum Gasteiger partial charge on any atom is -0.455 e. The van der Waals surface area contributed by atoms with Crippen LogP contribution in [0.15, 0.2) is 186 Å². The van der Waals surface area contributed by atoms with Crippen LogP contribution >= 0.6 is 0 Å². The van der Waals surface area contributed by atoms with Crippen molar-refractivity contribution in [2.24, 2.45) is 0 Å². The highest BCUT2D eigenvalue weighted by atomic mass is 16.3. The van der Waals surface area contributed by atoms with Gasteiger partial charge in [0.1, 0.15) is 11.2 Å². The number of hydrogen-bond acceptors (Lipinski definition) is 4. The minimum absolute atomic E-state index is 0.611. The summed E-state index contributed by atoms with van der Waals surface area (Å²) in [5.74, 6) is 1.88. The Kier molecular flexibility index (Phi) is 6.79. The highest BCUT2D eigenvalue weighted by molar-refractivity contribution is 6.23. The molecule has 5 nitrogen and oxygen atoms in total. The summed E-state index contributed by atoms with van der Waals surface area (Å²) < 4.78 is 9.19. The summed E-state index contributed by atoms with van der Waals surface area (Å²) >= 11 is 0. The fourth-order valence-electron chi connectivity index (χ4n) is 7.91. The Morgan fingerprint density at radius 3 is 1.67 bits per heavy atom. The lowest BCUT2D eigenvalue weighted by Gasteiger charge is -2.10. The Morgan fingerprint density at radius 2 is 0.944 bits per heavy atom. The van der Waals surface area contributed by atoms with Crippen molar-refractivity contribution in [3.05, 3.63) is 182 Å². The van der Waals surface area contributed by atoms with E-state index in [2.05, 4.69) is 120 Å². The Morgan fingerprint density at radius 1 is 0.389 bits per heavy atom. The summed E-state index contributed by atoms with van der Waals surface area (Å²) in [5.41, 5.74) is 10.1. The molecule has 0 atom stereocenters. The van der Waals surface area contributed by atoms with E-state index in [4.69, 9.17) is 19.4 Å². The lowest BCUT2D eigenvalue weighted by molar-refractivity contribution is 0.670. The highest BCUT2D eigenvalue weighted by Gasteiger charge is 2.20. The third kappa shape index (κ3) is 4.83. The Hall–Kier alpha value is -7.37. The van der Waals surface area contributed by atoms with Crippen LogP contribution in [0.4, 0.5) is 0 Å². The van der Waals surface area contributed by atoms with Gasteiger partial charge in [0.25, 0.3) is 0 Å². The largest absolute Gasteiger partial charge is 0.455 e. The molecule has 11 rings (SSSR count). The van der Waals surface area contributed by atoms with Crippen molar-refractivity contribution in [2.45, 2.75) is 0 Å². The molecule has 0 amide bonds. The SMILES string of the molecule is c1ccc(-c2nc(-c3ccccc3)nc(-c3ccc4oc5c(-c6ccc7c(c6)c6ccccc6n7-c6ccccc6)cc6ccccc6c5c4c3)n2)cc1. The molecule has 0 aliphatic carbocycles. The molecule has 8 aromatic carbocycles. The van der Waals surface area contributed by atoms with Gasteiger partial charge in [0, 0.05) is 49.5 Å². The first-order chi connectivity index (χ1) is 26.8. The number of fused-ring (bicyclic) bond motifs is 8. The van der Waals surface area contributed by atoms with Crippen molar-refractivity contribution in [3.63, 3.8) is 0 Å². The number of hydrogen-bond donors (Lipinski definition) is 0. The second-order valence-corrected chi connectivity index (χ2v) is 13.6. The molecule has 0 fully saturated rings. The lowest BCUT2D eigenvalue weighted by Crippen LogP contribution is -2.00. The molecule has 3 aromatic heterocycles. The van der Waals surface area contributed by atoms with Crippen LogP contribution in [0.3, 0.4) is 0 Å². The average molecular weight is 691 g/mol. The Labute approximate surface area is 310 Å². The maximum Gasteiger partial charge on any atom is 0.164 e. The van der Waals surface area contributed by atoms with Crippen LogP contribution in [0.5, 0.6) is 0 Å². The zero-order valence-electron chi connectivity index (χ0n) is 29.0. The number of furan rings is 1. The van der Waals surface area contributed by atoms with Crippen LogP contribution in [0.1, 0.15) is 0 Å². The van der Waals surface area contributed by atoms with Crippen LogP contribution in [-0.4, -0.2) is 19.5 Å². The van der Waals surface area contributed by atoms with Gasteiger partial charge in [-0.2, -0.15) is 0 Å². The summed E-state index contributed by atoms with van der Waals surface area (Å²) in [7, 11) is 0. The van der Waals surface area contributed by atoms with Gasteiger partial charge in [0.15, 0.2) is 17.5 Å². The molecule has 5 heteroatoms. The molecule has 0 saturated heterocycles. The van der Waals surface area contributed by atoms with Gasteiger partial charge in [-0.05, 0) is 70.9 Å². The zero-order valence-corrected chi connectivity index (χ0v) is 29.0. The average Bonchev–Trinajstić information content (AvgIpc) is 3.80. The standard InChI is InChI=1S/C49H30N4O/c1-4-14-31(15-5-1)47-50-48(32-16-6-2-7-17-32)52-49(51-47)35-25-27-44-41(30-35)45-37-21-11-10-18-33(37)28-39(46(45)54-44)34-24-26-43-40(29-34)38-22-12-13-23-42(38)53(43)36-19-8-3-9-20-36/h1-30H. The summed E-state index contributed by atoms with van der Waals surface area (Å²) in [4.78, 5) is 14.9. The van der Waals surface area contributed by atoms with Gasteiger partial charge in [0.05, 0.1) is 11.0 Å². The molecule has 0 unspecified atom stereocenters. The van der Waals surface area contributed by atoms with Crippen molar-refractivity contribution in [2.75, 3.05) is 0 Å². The lowest BCUT2D eigenvalue weighted by atomic mass is 9.95. The van der Waals surface area contributed by atoms with E-state index in [-0.39, 0.29) is 0 Å². The fraction of sp³-hybridized carbons (Fsp3) is 0. The van der Waals surface area contributed by atoms with Crippen LogP contribution in [0.25, 0.3) is 105 Å². The summed E-state index contributed by atoms with van der Waals surface area (Å²) in [6.07, 6.45) is 0. The van der Waals surface area contributed by atoms with Gasteiger partial charge in [0.2, 0.25) is 0 Å². The van der Waals surface area contributed by atoms with E-state index >= 15 is 0 Å². The summed E-state index contributed by atoms with van der Waals surface area (Å²) in [6.45, 7) is 0. The third-order valence-corrected chi connectivity index (χ3v) is 10.4. The molecular weight excluding hydrogens is 661 g/mol. The predicted molar refractivity (Wildman–Crippen MR) is 221 cm³/mol. The molecular formula is C49H30N4O. The molecule has 11 aromatic rings. The molecule has 0 N–H and O–H groups in total. The van der Waals surface area contributed by atoms with Gasteiger partial charge in [-0.3, -0.25) is 0 Å². The second kappa shape index (κ2) is 12.1. The van der Waals surface area contributed by atoms with E-state index in [9.17, 15) is 0 Å². The zero-order chi connectivity index (χ0) is 35.6. The van der Waals surface area contributed by atoms with Gasteiger partial charge >= 0.3 is 0 Å². The number of para-hydroxylation sites is 2. The smallest absolute Gasteiger partial charge is 0.164 e. The van der Waals surface area contributed by atoms with Crippen molar-refractivity contribution in [1.82, 2.24) is 19.5 Å². The first-order valence-corrected chi connectivity index (χ1v) is 18.1. The topological polar surface area (TPSA) is 56.7 Å². The van der Waals surface area contributed by atoms with Crippen molar-refractivity contribution < 1.29 is 4.42 Å². The van der Waals surface area contributed by atoms with Gasteiger partial charge in [-0.25, -0.2) is 15.0 Å². The third-order valence-electron chi connectivity index (χ3n) is 10.4. The molecule has 0 aliphatic rings. The van der Waals surface area contributed by atoms with Gasteiger partial charge in [-0.15, -0.1) is 0 Å². The maximum atomic E-state index is 6.84. The van der Waals surface area contributed by atoms with Crippen LogP contribution < -0.4 is 0 Å². The predicted octanol–water partition coefficient (Wildman–Crippen LogP) is 12.7. The van der Waals surface area contributed by atoms with E-state index in [1.807, 2.05) is 66.7 Å². The quantitative estimate of drug-likeness (QED) is 0.180. The molecule has 0 saturated carbocycles.